The molecule has 280 valence electrons. The molecular weight excluding hydrogens is 723 g/mol. The Morgan fingerprint density at radius 3 is 1.14 bits per heavy atom. The summed E-state index contributed by atoms with van der Waals surface area (Å²) < 4.78 is 13.3. The van der Waals surface area contributed by atoms with Crippen LogP contribution in [-0.4, -0.2) is 0 Å². The van der Waals surface area contributed by atoms with E-state index in [1.807, 2.05) is 12.1 Å². The van der Waals surface area contributed by atoms with Crippen molar-refractivity contribution >= 4 is 95.1 Å². The molecule has 0 unspecified atom stereocenters. The molecule has 11 rings (SSSR count). The van der Waals surface area contributed by atoms with Crippen molar-refractivity contribution in [2.45, 2.75) is 0 Å². The zero-order valence-corrected chi connectivity index (χ0v) is 32.0. The van der Waals surface area contributed by atoms with Crippen molar-refractivity contribution in [3.8, 4) is 0 Å². The highest BCUT2D eigenvalue weighted by Gasteiger charge is 2.25. The van der Waals surface area contributed by atoms with E-state index in [1.54, 1.807) is 0 Å². The highest BCUT2D eigenvalue weighted by Crippen LogP contribution is 2.48. The second kappa shape index (κ2) is 14.5. The average Bonchev–Trinajstić information content (AvgIpc) is 3.87. The van der Waals surface area contributed by atoms with E-state index < -0.39 is 0 Å². The Kier molecular flexibility index (Phi) is 8.41. The first-order valence-corrected chi connectivity index (χ1v) is 19.8. The topological polar surface area (TPSA) is 36.0 Å². The third kappa shape index (κ3) is 6.13. The number of hydrogen-bond donors (Lipinski definition) is 0. The van der Waals surface area contributed by atoms with Gasteiger partial charge in [0.1, 0.15) is 16.7 Å². The number of anilines is 9. The molecule has 0 saturated heterocycles. The summed E-state index contributed by atoms with van der Waals surface area (Å²) in [6, 6.07) is 78.4. The highest BCUT2D eigenvalue weighted by molar-refractivity contribution is 6.14. The van der Waals surface area contributed by atoms with Crippen LogP contribution in [0.25, 0.3) is 43.9 Å². The monoisotopic (exact) mass is 759 g/mol. The van der Waals surface area contributed by atoms with E-state index in [1.165, 1.54) is 0 Å². The number of rotatable bonds is 9. The molecule has 2 heterocycles. The van der Waals surface area contributed by atoms with Gasteiger partial charge >= 0.3 is 0 Å². The Balaban J connectivity index is 1.21. The van der Waals surface area contributed by atoms with Crippen LogP contribution in [0.4, 0.5) is 51.2 Å². The van der Waals surface area contributed by atoms with Gasteiger partial charge in [-0.2, -0.15) is 0 Å². The standard InChI is InChI=1S/C54H37N3O2/c1-6-18-38(19-7-1)55(39-20-8-2-9-21-39)43-30-33-53-48(34-43)49-36-45(56(40-22-10-3-11-23-40)41-24-12-4-13-25-41)37-50(54(49)59-53)57(42-26-14-5-15-27-42)44-31-32-52-47(35-44)46-28-16-17-29-51(46)58-52/h1-37H. The summed E-state index contributed by atoms with van der Waals surface area (Å²) >= 11 is 0. The zero-order valence-electron chi connectivity index (χ0n) is 32.0. The van der Waals surface area contributed by atoms with Crippen LogP contribution in [0.15, 0.2) is 233 Å². The van der Waals surface area contributed by atoms with Gasteiger partial charge in [-0.25, -0.2) is 0 Å². The van der Waals surface area contributed by atoms with Gasteiger partial charge < -0.3 is 23.5 Å². The van der Waals surface area contributed by atoms with Crippen molar-refractivity contribution in [3.05, 3.63) is 224 Å². The van der Waals surface area contributed by atoms with Crippen LogP contribution in [0.2, 0.25) is 0 Å². The van der Waals surface area contributed by atoms with Gasteiger partial charge in [0.05, 0.1) is 5.69 Å². The number of fused-ring (bicyclic) bond motifs is 6. The molecule has 11 aromatic rings. The van der Waals surface area contributed by atoms with Crippen molar-refractivity contribution in [1.29, 1.82) is 0 Å². The number of para-hydroxylation sites is 6. The van der Waals surface area contributed by atoms with Crippen molar-refractivity contribution in [2.24, 2.45) is 0 Å². The van der Waals surface area contributed by atoms with E-state index in [4.69, 9.17) is 8.83 Å². The average molecular weight is 760 g/mol. The maximum absolute atomic E-state index is 7.05. The summed E-state index contributed by atoms with van der Waals surface area (Å²) in [4.78, 5) is 6.93. The molecule has 0 amide bonds. The predicted octanol–water partition coefficient (Wildman–Crippen LogP) is 15.9. The largest absolute Gasteiger partial charge is 0.456 e. The number of benzene rings is 9. The molecule has 59 heavy (non-hydrogen) atoms. The van der Waals surface area contributed by atoms with Gasteiger partial charge in [-0.3, -0.25) is 0 Å². The molecule has 5 heteroatoms. The van der Waals surface area contributed by atoms with Gasteiger partial charge in [0.15, 0.2) is 5.58 Å². The Morgan fingerprint density at radius 2 is 0.610 bits per heavy atom. The van der Waals surface area contributed by atoms with Crippen molar-refractivity contribution in [3.63, 3.8) is 0 Å². The van der Waals surface area contributed by atoms with Crippen molar-refractivity contribution in [2.75, 3.05) is 14.7 Å². The van der Waals surface area contributed by atoms with Crippen LogP contribution >= 0.6 is 0 Å². The van der Waals surface area contributed by atoms with E-state index in [-0.39, 0.29) is 0 Å². The predicted molar refractivity (Wildman–Crippen MR) is 245 cm³/mol. The quantitative estimate of drug-likeness (QED) is 0.146. The molecular formula is C54H37N3O2. The fourth-order valence-electron chi connectivity index (χ4n) is 8.33. The third-order valence-electron chi connectivity index (χ3n) is 11.0. The molecule has 0 aliphatic rings. The van der Waals surface area contributed by atoms with Crippen molar-refractivity contribution in [1.82, 2.24) is 0 Å². The molecule has 0 radical (unpaired) electrons. The molecule has 0 saturated carbocycles. The maximum Gasteiger partial charge on any atom is 0.159 e. The van der Waals surface area contributed by atoms with E-state index >= 15 is 0 Å². The van der Waals surface area contributed by atoms with E-state index in [0.29, 0.717) is 0 Å². The molecule has 0 spiro atoms. The lowest BCUT2D eigenvalue weighted by Gasteiger charge is -2.29. The lowest BCUT2D eigenvalue weighted by Crippen LogP contribution is -2.13. The SMILES string of the molecule is c1ccc(N(c2ccccc2)c2ccc3oc4c(N(c5ccccc5)c5ccc6oc7ccccc7c6c5)cc(N(c5ccccc5)c5ccccc5)cc4c3c2)cc1. The molecule has 0 bridgehead atoms. The Bertz CT molecular complexity index is 3140. The fraction of sp³-hybridized carbons (Fsp3) is 0. The van der Waals surface area contributed by atoms with E-state index in [2.05, 4.69) is 227 Å². The minimum absolute atomic E-state index is 0.786. The van der Waals surface area contributed by atoms with Crippen LogP contribution < -0.4 is 14.7 Å². The Labute approximate surface area is 341 Å². The van der Waals surface area contributed by atoms with Gasteiger partial charge in [-0.05, 0) is 115 Å². The van der Waals surface area contributed by atoms with Gasteiger partial charge in [0.2, 0.25) is 0 Å². The molecule has 0 N–H and O–H groups in total. The third-order valence-corrected chi connectivity index (χ3v) is 11.0. The first-order valence-electron chi connectivity index (χ1n) is 19.8. The van der Waals surface area contributed by atoms with E-state index in [9.17, 15) is 0 Å². The first kappa shape index (κ1) is 34.2. The highest BCUT2D eigenvalue weighted by atomic mass is 16.3. The minimum Gasteiger partial charge on any atom is -0.456 e. The zero-order chi connectivity index (χ0) is 39.1. The van der Waals surface area contributed by atoms with Crippen LogP contribution in [0.1, 0.15) is 0 Å². The lowest BCUT2D eigenvalue weighted by atomic mass is 10.1. The molecule has 2 aromatic heterocycles. The maximum atomic E-state index is 7.05. The summed E-state index contributed by atoms with van der Waals surface area (Å²) in [6.45, 7) is 0. The van der Waals surface area contributed by atoms with Crippen molar-refractivity contribution < 1.29 is 8.83 Å². The Hall–Kier alpha value is -8.02. The summed E-state index contributed by atoms with van der Waals surface area (Å²) in [5.74, 6) is 0. The number of furan rings is 2. The molecule has 0 aliphatic heterocycles. The van der Waals surface area contributed by atoms with E-state index in [0.717, 1.165) is 95.1 Å². The van der Waals surface area contributed by atoms with Crippen LogP contribution in [-0.2, 0) is 0 Å². The molecule has 0 fully saturated rings. The van der Waals surface area contributed by atoms with Gasteiger partial charge in [0.25, 0.3) is 0 Å². The smallest absolute Gasteiger partial charge is 0.159 e. The molecule has 5 nitrogen and oxygen atoms in total. The minimum atomic E-state index is 0.786. The van der Waals surface area contributed by atoms with Gasteiger partial charge in [0, 0.05) is 67.0 Å². The molecule has 0 aliphatic carbocycles. The lowest BCUT2D eigenvalue weighted by molar-refractivity contribution is 0.669. The molecule has 9 aromatic carbocycles. The normalized spacial score (nSPS) is 11.4. The number of nitrogens with zero attached hydrogens (tertiary/aromatic N) is 3. The van der Waals surface area contributed by atoms with Crippen LogP contribution in [0.3, 0.4) is 0 Å². The Morgan fingerprint density at radius 1 is 0.237 bits per heavy atom. The molecule has 0 atom stereocenters. The van der Waals surface area contributed by atoms with Gasteiger partial charge in [-0.1, -0.05) is 109 Å². The van der Waals surface area contributed by atoms with Crippen LogP contribution in [0.5, 0.6) is 0 Å². The second-order valence-corrected chi connectivity index (χ2v) is 14.6. The summed E-state index contributed by atoms with van der Waals surface area (Å²) in [6.07, 6.45) is 0. The number of hydrogen-bond acceptors (Lipinski definition) is 5. The second-order valence-electron chi connectivity index (χ2n) is 14.6. The van der Waals surface area contributed by atoms with Gasteiger partial charge in [-0.15, -0.1) is 0 Å². The summed E-state index contributed by atoms with van der Waals surface area (Å²) in [5, 5.41) is 4.15. The first-order chi connectivity index (χ1) is 29.3. The fourth-order valence-corrected chi connectivity index (χ4v) is 8.33. The summed E-state index contributed by atoms with van der Waals surface area (Å²) in [5.41, 5.74) is 12.5. The summed E-state index contributed by atoms with van der Waals surface area (Å²) in [7, 11) is 0. The van der Waals surface area contributed by atoms with Crippen LogP contribution in [0, 0.1) is 0 Å².